The van der Waals surface area contributed by atoms with Gasteiger partial charge in [0.15, 0.2) is 5.15 Å². The van der Waals surface area contributed by atoms with Gasteiger partial charge >= 0.3 is 0 Å². The van der Waals surface area contributed by atoms with E-state index < -0.39 is 0 Å². The van der Waals surface area contributed by atoms with Gasteiger partial charge in [-0.3, -0.25) is 4.99 Å². The lowest BCUT2D eigenvalue weighted by atomic mass is 9.92. The van der Waals surface area contributed by atoms with Crippen molar-refractivity contribution >= 4 is 34.3 Å². The molecule has 0 atom stereocenters. The van der Waals surface area contributed by atoms with E-state index in [-0.39, 0.29) is 0 Å². The molecule has 2 aliphatic rings. The maximum atomic E-state index is 6.30. The number of hydrogen-bond donors (Lipinski definition) is 1. The molecule has 0 bridgehead atoms. The molecule has 2 aromatic rings. The van der Waals surface area contributed by atoms with E-state index in [1.165, 1.54) is 40.6 Å². The van der Waals surface area contributed by atoms with E-state index in [0.717, 1.165) is 31.3 Å². The number of aryl methyl sites for hydroxylation is 2. The second kappa shape index (κ2) is 4.74. The van der Waals surface area contributed by atoms with Gasteiger partial charge in [0.05, 0.1) is 12.1 Å². The summed E-state index contributed by atoms with van der Waals surface area (Å²) in [7, 11) is 0. The Morgan fingerprint density at radius 1 is 1.20 bits per heavy atom. The normalized spacial score (nSPS) is 18.1. The van der Waals surface area contributed by atoms with Gasteiger partial charge in [-0.25, -0.2) is 4.98 Å². The lowest BCUT2D eigenvalue weighted by Gasteiger charge is -2.14. The van der Waals surface area contributed by atoms with Crippen molar-refractivity contribution in [3.05, 3.63) is 34.2 Å². The van der Waals surface area contributed by atoms with Gasteiger partial charge < -0.3 is 4.98 Å². The Balaban J connectivity index is 1.99. The zero-order chi connectivity index (χ0) is 13.5. The second-order valence-electron chi connectivity index (χ2n) is 5.49. The molecule has 20 heavy (non-hydrogen) atoms. The molecule has 1 N–H and O–H groups in total. The van der Waals surface area contributed by atoms with Crippen molar-refractivity contribution in [2.45, 2.75) is 32.1 Å². The molecule has 3 heterocycles. The quantitative estimate of drug-likeness (QED) is 0.792. The lowest BCUT2D eigenvalue weighted by Crippen LogP contribution is -2.02. The highest BCUT2D eigenvalue weighted by atomic mass is 35.5. The summed E-state index contributed by atoms with van der Waals surface area (Å²) in [4.78, 5) is 12.3. The van der Waals surface area contributed by atoms with E-state index >= 15 is 0 Å². The lowest BCUT2D eigenvalue weighted by molar-refractivity contribution is 0.680. The van der Waals surface area contributed by atoms with E-state index in [4.69, 9.17) is 11.6 Å². The Bertz CT molecular complexity index is 740. The fraction of sp³-hybridized carbons (Fsp3) is 0.375. The van der Waals surface area contributed by atoms with Crippen LogP contribution in [0.15, 0.2) is 17.3 Å². The van der Waals surface area contributed by atoms with Crippen LogP contribution in [0.5, 0.6) is 0 Å². The summed E-state index contributed by atoms with van der Waals surface area (Å²) >= 11 is 6.30. The van der Waals surface area contributed by atoms with E-state index in [2.05, 4.69) is 21.0 Å². The molecule has 0 saturated carbocycles. The van der Waals surface area contributed by atoms with Crippen LogP contribution in [0.1, 0.15) is 36.1 Å². The van der Waals surface area contributed by atoms with Gasteiger partial charge in [0.1, 0.15) is 0 Å². The first-order chi connectivity index (χ1) is 9.84. The van der Waals surface area contributed by atoms with Crippen LogP contribution in [0.25, 0.3) is 16.5 Å². The average molecular weight is 286 g/mol. The number of rotatable bonds is 1. The highest BCUT2D eigenvalue weighted by Crippen LogP contribution is 2.36. The molecule has 0 saturated heterocycles. The first kappa shape index (κ1) is 12.2. The number of dihydropyridines is 1. The molecule has 2 aromatic heterocycles. The molecule has 0 unspecified atom stereocenters. The Morgan fingerprint density at radius 2 is 2.10 bits per heavy atom. The third-order valence-corrected chi connectivity index (χ3v) is 4.57. The van der Waals surface area contributed by atoms with Gasteiger partial charge in [-0.15, -0.1) is 0 Å². The molecule has 0 spiro atoms. The fourth-order valence-corrected chi connectivity index (χ4v) is 3.51. The van der Waals surface area contributed by atoms with Crippen LogP contribution in [0.3, 0.4) is 0 Å². The number of pyridine rings is 1. The van der Waals surface area contributed by atoms with Crippen LogP contribution >= 0.6 is 11.6 Å². The minimum absolute atomic E-state index is 0.582. The van der Waals surface area contributed by atoms with Crippen molar-refractivity contribution in [1.82, 2.24) is 9.97 Å². The number of allylic oxidation sites excluding steroid dienone is 1. The highest BCUT2D eigenvalue weighted by Gasteiger charge is 2.21. The predicted molar refractivity (Wildman–Crippen MR) is 83.7 cm³/mol. The number of H-pyrrole nitrogens is 1. The number of aliphatic imine (C=N–C) groups is 1. The number of nitrogens with one attached hydrogen (secondary N) is 1. The third-order valence-electron chi connectivity index (χ3n) is 4.28. The van der Waals surface area contributed by atoms with Gasteiger partial charge in [-0.2, -0.15) is 0 Å². The molecule has 3 nitrogen and oxygen atoms in total. The summed E-state index contributed by atoms with van der Waals surface area (Å²) in [5.41, 5.74) is 6.28. The molecule has 102 valence electrons. The largest absolute Gasteiger partial charge is 0.356 e. The van der Waals surface area contributed by atoms with Gasteiger partial charge in [0, 0.05) is 35.5 Å². The fourth-order valence-electron chi connectivity index (χ4n) is 3.32. The summed E-state index contributed by atoms with van der Waals surface area (Å²) in [6.07, 6.45) is 11.8. The summed E-state index contributed by atoms with van der Waals surface area (Å²) < 4.78 is 0. The summed E-state index contributed by atoms with van der Waals surface area (Å²) in [6, 6.07) is 0. The van der Waals surface area contributed by atoms with Crippen LogP contribution in [0, 0.1) is 0 Å². The Morgan fingerprint density at radius 3 is 2.95 bits per heavy atom. The Hall–Kier alpha value is -1.61. The number of aromatic nitrogens is 2. The van der Waals surface area contributed by atoms with E-state index in [9.17, 15) is 0 Å². The maximum absolute atomic E-state index is 6.30. The number of nitrogens with zero attached hydrogens (tertiary/aromatic N) is 2. The van der Waals surface area contributed by atoms with E-state index in [1.54, 1.807) is 0 Å². The van der Waals surface area contributed by atoms with Crippen LogP contribution in [0.2, 0.25) is 5.15 Å². The van der Waals surface area contributed by atoms with Crippen LogP contribution in [-0.2, 0) is 12.8 Å². The molecule has 0 amide bonds. The van der Waals surface area contributed by atoms with Crippen molar-refractivity contribution in [3.63, 3.8) is 0 Å². The van der Waals surface area contributed by atoms with Crippen molar-refractivity contribution < 1.29 is 0 Å². The molecule has 4 heteroatoms. The number of halogens is 1. The molecule has 0 radical (unpaired) electrons. The first-order valence-corrected chi connectivity index (χ1v) is 7.58. The summed E-state index contributed by atoms with van der Waals surface area (Å²) in [5, 5.41) is 1.86. The number of aromatic amines is 1. The second-order valence-corrected chi connectivity index (χ2v) is 5.85. The maximum Gasteiger partial charge on any atom is 0.153 e. The highest BCUT2D eigenvalue weighted by molar-refractivity contribution is 6.34. The third kappa shape index (κ3) is 1.80. The predicted octanol–water partition coefficient (Wildman–Crippen LogP) is 3.95. The minimum atomic E-state index is 0.582. The van der Waals surface area contributed by atoms with Gasteiger partial charge in [0.2, 0.25) is 0 Å². The molecule has 0 aromatic carbocycles. The van der Waals surface area contributed by atoms with E-state index in [0.29, 0.717) is 5.15 Å². The van der Waals surface area contributed by atoms with Crippen LogP contribution < -0.4 is 0 Å². The van der Waals surface area contributed by atoms with Crippen molar-refractivity contribution in [2.75, 3.05) is 6.54 Å². The first-order valence-electron chi connectivity index (χ1n) is 7.20. The Labute approximate surface area is 122 Å². The summed E-state index contributed by atoms with van der Waals surface area (Å²) in [6.45, 7) is 0.748. The molecule has 1 aliphatic heterocycles. The zero-order valence-electron chi connectivity index (χ0n) is 11.2. The van der Waals surface area contributed by atoms with Crippen molar-refractivity contribution in [1.29, 1.82) is 0 Å². The molecular formula is C16H16ClN3. The number of hydrogen-bond acceptors (Lipinski definition) is 2. The SMILES string of the molecule is Clc1ncc(C2=CCC=NC2)c2c3c([nH]c12)CCCC3. The minimum Gasteiger partial charge on any atom is -0.356 e. The van der Waals surface area contributed by atoms with Gasteiger partial charge in [-0.05, 0) is 36.8 Å². The number of fused-ring (bicyclic) bond motifs is 3. The average Bonchev–Trinajstić information content (AvgIpc) is 2.89. The van der Waals surface area contributed by atoms with Crippen LogP contribution in [0.4, 0.5) is 0 Å². The topological polar surface area (TPSA) is 41.0 Å². The molecule has 4 rings (SSSR count). The zero-order valence-corrected chi connectivity index (χ0v) is 12.0. The van der Waals surface area contributed by atoms with E-state index in [1.807, 2.05) is 12.4 Å². The molecular weight excluding hydrogens is 270 g/mol. The standard InChI is InChI=1S/C16H16ClN3/c17-16-15-14(11-5-1-2-6-13(11)20-15)12(9-19-16)10-4-3-7-18-8-10/h4,7,9,20H,1-3,5-6,8H2. The van der Waals surface area contributed by atoms with Crippen molar-refractivity contribution in [2.24, 2.45) is 4.99 Å². The van der Waals surface area contributed by atoms with Crippen LogP contribution in [-0.4, -0.2) is 22.7 Å². The molecule has 0 fully saturated rings. The monoisotopic (exact) mass is 285 g/mol. The van der Waals surface area contributed by atoms with Gasteiger partial charge in [0.25, 0.3) is 0 Å². The van der Waals surface area contributed by atoms with Crippen molar-refractivity contribution in [3.8, 4) is 0 Å². The summed E-state index contributed by atoms with van der Waals surface area (Å²) in [5.74, 6) is 0. The molecule has 1 aliphatic carbocycles. The van der Waals surface area contributed by atoms with Gasteiger partial charge in [-0.1, -0.05) is 17.7 Å². The smallest absolute Gasteiger partial charge is 0.153 e. The Kier molecular flexibility index (Phi) is 2.88.